The maximum atomic E-state index is 4.27. The van der Waals surface area contributed by atoms with Crippen molar-refractivity contribution in [2.24, 2.45) is 0 Å². The number of unbranched alkanes of at least 4 members (excludes halogenated alkanes) is 2. The van der Waals surface area contributed by atoms with Gasteiger partial charge in [-0.15, -0.1) is 0 Å². The van der Waals surface area contributed by atoms with Crippen LogP contribution in [0.1, 0.15) is 39.5 Å². The van der Waals surface area contributed by atoms with Crippen molar-refractivity contribution >= 4 is 11.5 Å². The van der Waals surface area contributed by atoms with Crippen molar-refractivity contribution in [2.75, 3.05) is 23.7 Å². The highest BCUT2D eigenvalue weighted by Crippen LogP contribution is 2.12. The fourth-order valence-electron chi connectivity index (χ4n) is 1.50. The van der Waals surface area contributed by atoms with E-state index in [1.165, 1.54) is 19.3 Å². The van der Waals surface area contributed by atoms with Gasteiger partial charge in [0.2, 0.25) is 0 Å². The van der Waals surface area contributed by atoms with Crippen LogP contribution >= 0.6 is 0 Å². The number of nitrogens with zero attached hydrogens (tertiary/aromatic N) is 1. The third-order valence-corrected chi connectivity index (χ3v) is 2.43. The maximum Gasteiger partial charge on any atom is 0.127 e. The molecule has 3 nitrogen and oxygen atoms in total. The summed E-state index contributed by atoms with van der Waals surface area (Å²) in [6, 6.07) is 4.09. The molecule has 90 valence electrons. The summed E-state index contributed by atoms with van der Waals surface area (Å²) in [6.07, 6.45) is 6.76. The van der Waals surface area contributed by atoms with E-state index in [-0.39, 0.29) is 0 Å². The summed E-state index contributed by atoms with van der Waals surface area (Å²) in [5.41, 5.74) is 1.16. The summed E-state index contributed by atoms with van der Waals surface area (Å²) in [6.45, 7) is 6.40. The minimum absolute atomic E-state index is 0.961. The van der Waals surface area contributed by atoms with E-state index in [1.807, 2.05) is 12.3 Å². The molecule has 1 rings (SSSR count). The molecule has 0 spiro atoms. The molecule has 2 N–H and O–H groups in total. The van der Waals surface area contributed by atoms with Crippen molar-refractivity contribution < 1.29 is 0 Å². The van der Waals surface area contributed by atoms with Crippen LogP contribution in [0.5, 0.6) is 0 Å². The summed E-state index contributed by atoms with van der Waals surface area (Å²) in [4.78, 5) is 4.27. The van der Waals surface area contributed by atoms with Crippen LogP contribution in [0.25, 0.3) is 0 Å². The molecule has 0 aliphatic rings. The van der Waals surface area contributed by atoms with Gasteiger partial charge in [0.05, 0.1) is 0 Å². The van der Waals surface area contributed by atoms with Gasteiger partial charge in [-0.25, -0.2) is 4.98 Å². The molecule has 0 bridgehead atoms. The van der Waals surface area contributed by atoms with E-state index in [1.54, 1.807) is 0 Å². The van der Waals surface area contributed by atoms with Crippen molar-refractivity contribution in [3.05, 3.63) is 18.3 Å². The van der Waals surface area contributed by atoms with E-state index in [0.717, 1.165) is 31.0 Å². The molecule has 0 amide bonds. The Morgan fingerprint density at radius 3 is 2.69 bits per heavy atom. The smallest absolute Gasteiger partial charge is 0.127 e. The van der Waals surface area contributed by atoms with Gasteiger partial charge < -0.3 is 10.6 Å². The molecule has 1 heterocycles. The first kappa shape index (κ1) is 12.8. The monoisotopic (exact) mass is 221 g/mol. The molecule has 1 aromatic heterocycles. The van der Waals surface area contributed by atoms with Gasteiger partial charge in [0.25, 0.3) is 0 Å². The zero-order valence-electron chi connectivity index (χ0n) is 10.4. The predicted molar refractivity (Wildman–Crippen MR) is 71.0 cm³/mol. The van der Waals surface area contributed by atoms with Gasteiger partial charge >= 0.3 is 0 Å². The lowest BCUT2D eigenvalue weighted by molar-refractivity contribution is 0.744. The molecule has 1 aromatic rings. The van der Waals surface area contributed by atoms with Gasteiger partial charge in [-0.1, -0.05) is 26.7 Å². The fourth-order valence-corrected chi connectivity index (χ4v) is 1.50. The van der Waals surface area contributed by atoms with Crippen molar-refractivity contribution in [2.45, 2.75) is 39.5 Å². The Kier molecular flexibility index (Phi) is 6.38. The summed E-state index contributed by atoms with van der Waals surface area (Å²) in [5.74, 6) is 0.961. The zero-order valence-corrected chi connectivity index (χ0v) is 10.4. The van der Waals surface area contributed by atoms with Crippen molar-refractivity contribution in [3.8, 4) is 0 Å². The molecule has 0 aromatic carbocycles. The van der Waals surface area contributed by atoms with E-state index in [9.17, 15) is 0 Å². The van der Waals surface area contributed by atoms with Gasteiger partial charge in [0.1, 0.15) is 5.82 Å². The molecule has 0 saturated carbocycles. The quantitative estimate of drug-likeness (QED) is 0.660. The molecule has 16 heavy (non-hydrogen) atoms. The second-order valence-electron chi connectivity index (χ2n) is 3.99. The van der Waals surface area contributed by atoms with Crippen molar-refractivity contribution in [1.29, 1.82) is 0 Å². The summed E-state index contributed by atoms with van der Waals surface area (Å²) in [7, 11) is 0. The van der Waals surface area contributed by atoms with Gasteiger partial charge in [-0.2, -0.15) is 0 Å². The lowest BCUT2D eigenvalue weighted by Crippen LogP contribution is -2.04. The Hall–Kier alpha value is -1.25. The highest BCUT2D eigenvalue weighted by atomic mass is 15.0. The minimum atomic E-state index is 0.961. The average molecular weight is 221 g/mol. The number of rotatable bonds is 8. The predicted octanol–water partition coefficient (Wildman–Crippen LogP) is 3.51. The fraction of sp³-hybridized carbons (Fsp3) is 0.615. The highest BCUT2D eigenvalue weighted by Gasteiger charge is 1.95. The van der Waals surface area contributed by atoms with E-state index < -0.39 is 0 Å². The Labute approximate surface area is 98.7 Å². The molecule has 0 fully saturated rings. The third kappa shape index (κ3) is 5.01. The normalized spacial score (nSPS) is 10.1. The number of aromatic nitrogens is 1. The number of hydrogen-bond donors (Lipinski definition) is 2. The molecule has 0 saturated heterocycles. The summed E-state index contributed by atoms with van der Waals surface area (Å²) >= 11 is 0. The van der Waals surface area contributed by atoms with Gasteiger partial charge in [-0.3, -0.25) is 0 Å². The Morgan fingerprint density at radius 1 is 1.06 bits per heavy atom. The first-order valence-corrected chi connectivity index (χ1v) is 6.30. The van der Waals surface area contributed by atoms with Gasteiger partial charge in [-0.05, 0) is 18.9 Å². The van der Waals surface area contributed by atoms with Gasteiger partial charge in [0, 0.05) is 31.0 Å². The lowest BCUT2D eigenvalue weighted by atomic mass is 10.2. The molecular weight excluding hydrogens is 198 g/mol. The van der Waals surface area contributed by atoms with Crippen LogP contribution in [0.3, 0.4) is 0 Å². The van der Waals surface area contributed by atoms with E-state index in [4.69, 9.17) is 0 Å². The number of pyridine rings is 1. The van der Waals surface area contributed by atoms with Crippen LogP contribution in [-0.4, -0.2) is 18.1 Å². The van der Waals surface area contributed by atoms with Gasteiger partial charge in [0.15, 0.2) is 0 Å². The van der Waals surface area contributed by atoms with Crippen LogP contribution in [0.4, 0.5) is 11.5 Å². The second kappa shape index (κ2) is 7.97. The van der Waals surface area contributed by atoms with Crippen LogP contribution in [0, 0.1) is 0 Å². The molecule has 0 radical (unpaired) electrons. The number of anilines is 2. The Morgan fingerprint density at radius 2 is 1.94 bits per heavy atom. The number of hydrogen-bond acceptors (Lipinski definition) is 3. The lowest BCUT2D eigenvalue weighted by Gasteiger charge is -2.08. The second-order valence-corrected chi connectivity index (χ2v) is 3.99. The van der Waals surface area contributed by atoms with E-state index in [0.29, 0.717) is 0 Å². The van der Waals surface area contributed by atoms with Crippen molar-refractivity contribution in [1.82, 2.24) is 4.98 Å². The zero-order chi connectivity index (χ0) is 11.6. The van der Waals surface area contributed by atoms with E-state index >= 15 is 0 Å². The maximum absolute atomic E-state index is 4.27. The first-order chi connectivity index (χ1) is 7.86. The molecule has 0 atom stereocenters. The molecule has 0 aliphatic heterocycles. The van der Waals surface area contributed by atoms with Crippen molar-refractivity contribution in [3.63, 3.8) is 0 Å². The Balaban J connectivity index is 2.35. The molecule has 3 heteroatoms. The average Bonchev–Trinajstić information content (AvgIpc) is 2.33. The largest absolute Gasteiger partial charge is 0.385 e. The molecular formula is C13H23N3. The standard InChI is InChI=1S/C13H23N3/c1-3-5-6-9-14-12-7-10-16-13(11-12)15-8-4-2/h7,10-11H,3-6,8-9H2,1-2H3,(H2,14,15,16). The van der Waals surface area contributed by atoms with Crippen LogP contribution in [-0.2, 0) is 0 Å². The topological polar surface area (TPSA) is 37.0 Å². The summed E-state index contributed by atoms with van der Waals surface area (Å²) < 4.78 is 0. The minimum Gasteiger partial charge on any atom is -0.385 e. The third-order valence-electron chi connectivity index (χ3n) is 2.43. The van der Waals surface area contributed by atoms with Crippen LogP contribution in [0.2, 0.25) is 0 Å². The molecule has 0 unspecified atom stereocenters. The Bertz CT molecular complexity index is 286. The van der Waals surface area contributed by atoms with Crippen LogP contribution < -0.4 is 10.6 Å². The first-order valence-electron chi connectivity index (χ1n) is 6.30. The summed E-state index contributed by atoms with van der Waals surface area (Å²) in [5, 5.41) is 6.70. The number of nitrogens with one attached hydrogen (secondary N) is 2. The highest BCUT2D eigenvalue weighted by molar-refractivity contribution is 5.51. The SMILES string of the molecule is CCCCCNc1ccnc(NCCC)c1. The van der Waals surface area contributed by atoms with E-state index in [2.05, 4.69) is 35.5 Å². The molecule has 0 aliphatic carbocycles. The van der Waals surface area contributed by atoms with Crippen LogP contribution in [0.15, 0.2) is 18.3 Å².